The summed E-state index contributed by atoms with van der Waals surface area (Å²) < 4.78 is 0. The Labute approximate surface area is 62.2 Å². The van der Waals surface area contributed by atoms with E-state index < -0.39 is 31.3 Å². The van der Waals surface area contributed by atoms with Crippen molar-refractivity contribution < 1.29 is 29.9 Å². The van der Waals surface area contributed by atoms with Gasteiger partial charge in [0.2, 0.25) is 0 Å². The molecule has 1 atom stereocenters. The van der Waals surface area contributed by atoms with Gasteiger partial charge in [-0.2, -0.15) is 0 Å². The van der Waals surface area contributed by atoms with E-state index in [1.54, 1.807) is 0 Å². The minimum atomic E-state index is -2.14. The Hall–Kier alpha value is -1.08. The maximum Gasteiger partial charge on any atom is 0.466 e. The zero-order valence-corrected chi connectivity index (χ0v) is 5.47. The number of carbonyl (C=O) groups is 2. The van der Waals surface area contributed by atoms with Gasteiger partial charge < -0.3 is 20.3 Å². The van der Waals surface area contributed by atoms with Crippen LogP contribution in [-0.4, -0.2) is 39.3 Å². The van der Waals surface area contributed by atoms with E-state index in [4.69, 9.17) is 20.3 Å². The minimum absolute atomic E-state index is 0.799. The quantitative estimate of drug-likeness (QED) is 0.369. The van der Waals surface area contributed by atoms with Gasteiger partial charge in [-0.25, -0.2) is 0 Å². The van der Waals surface area contributed by atoms with Crippen LogP contribution < -0.4 is 0 Å². The molecule has 0 saturated heterocycles. The normalized spacial score (nSPS) is 12.2. The third kappa shape index (κ3) is 3.59. The van der Waals surface area contributed by atoms with Gasteiger partial charge in [-0.05, 0) is 0 Å². The van der Waals surface area contributed by atoms with Gasteiger partial charge >= 0.3 is 19.1 Å². The molecule has 7 heteroatoms. The summed E-state index contributed by atoms with van der Waals surface area (Å²) in [6.45, 7) is 0. The summed E-state index contributed by atoms with van der Waals surface area (Å²) >= 11 is 0. The van der Waals surface area contributed by atoms with Gasteiger partial charge in [0.1, 0.15) is 5.82 Å². The molecule has 0 aromatic carbocycles. The number of carboxylic acids is 2. The molecule has 6 nitrogen and oxygen atoms in total. The lowest BCUT2D eigenvalue weighted by Gasteiger charge is -2.06. The lowest BCUT2D eigenvalue weighted by Crippen LogP contribution is -2.28. The lowest BCUT2D eigenvalue weighted by atomic mass is 9.71. The molecule has 0 aliphatic rings. The molecule has 11 heavy (non-hydrogen) atoms. The van der Waals surface area contributed by atoms with Crippen molar-refractivity contribution >= 4 is 19.1 Å². The summed E-state index contributed by atoms with van der Waals surface area (Å²) in [7, 11) is -2.14. The molecule has 0 saturated carbocycles. The second kappa shape index (κ2) is 3.94. The first-order chi connectivity index (χ1) is 4.95. The van der Waals surface area contributed by atoms with Crippen LogP contribution in [0.2, 0.25) is 5.82 Å². The Morgan fingerprint density at radius 2 is 1.73 bits per heavy atom. The third-order valence-corrected chi connectivity index (χ3v) is 1.07. The van der Waals surface area contributed by atoms with E-state index in [9.17, 15) is 9.59 Å². The Kier molecular flexibility index (Phi) is 3.56. The van der Waals surface area contributed by atoms with E-state index in [0.29, 0.717) is 0 Å². The van der Waals surface area contributed by atoms with Crippen LogP contribution in [0.4, 0.5) is 0 Å². The maximum absolute atomic E-state index is 10.1. The molecule has 0 amide bonds. The van der Waals surface area contributed by atoms with Crippen molar-refractivity contribution in [3.05, 3.63) is 0 Å². The number of carboxylic acid groups (broad SMARTS) is 2. The smallest absolute Gasteiger partial charge is 0.466 e. The molecule has 0 radical (unpaired) electrons. The first kappa shape index (κ1) is 9.92. The van der Waals surface area contributed by atoms with Crippen LogP contribution in [-0.2, 0) is 9.59 Å². The molecule has 1 unspecified atom stereocenters. The van der Waals surface area contributed by atoms with Crippen molar-refractivity contribution in [2.75, 3.05) is 0 Å². The molecule has 0 spiro atoms. The molecule has 0 aliphatic heterocycles. The standard InChI is InChI=1S/C4H7BO6/c6-3(7)1-2(4(8)9)5(10)11/h2,10-11H,1H2,(H,6,7)(H,8,9). The zero-order valence-electron chi connectivity index (χ0n) is 5.47. The maximum atomic E-state index is 10.1. The molecular formula is C4H7BO6. The summed E-state index contributed by atoms with van der Waals surface area (Å²) in [5.41, 5.74) is 0. The predicted octanol–water partition coefficient (Wildman–Crippen LogP) is -1.61. The zero-order chi connectivity index (χ0) is 9.02. The van der Waals surface area contributed by atoms with Crippen molar-refractivity contribution in [3.63, 3.8) is 0 Å². The summed E-state index contributed by atoms with van der Waals surface area (Å²) in [6, 6.07) is 0. The van der Waals surface area contributed by atoms with Gasteiger partial charge in [-0.15, -0.1) is 0 Å². The summed E-state index contributed by atoms with van der Waals surface area (Å²) in [4.78, 5) is 20.0. The minimum Gasteiger partial charge on any atom is -0.481 e. The fraction of sp³-hybridized carbons (Fsp3) is 0.500. The fourth-order valence-corrected chi connectivity index (χ4v) is 0.508. The first-order valence-electron chi connectivity index (χ1n) is 2.76. The summed E-state index contributed by atoms with van der Waals surface area (Å²) in [5, 5.41) is 33.0. The lowest BCUT2D eigenvalue weighted by molar-refractivity contribution is -0.144. The van der Waals surface area contributed by atoms with E-state index in [1.165, 1.54) is 0 Å². The predicted molar refractivity (Wildman–Crippen MR) is 33.8 cm³/mol. The highest BCUT2D eigenvalue weighted by atomic mass is 16.4. The van der Waals surface area contributed by atoms with Gasteiger partial charge in [0, 0.05) is 0 Å². The largest absolute Gasteiger partial charge is 0.481 e. The average molecular weight is 162 g/mol. The summed E-state index contributed by atoms with van der Waals surface area (Å²) in [6.07, 6.45) is -0.799. The molecule has 0 aromatic rings. The molecule has 0 bridgehead atoms. The van der Waals surface area contributed by atoms with E-state index in [0.717, 1.165) is 0 Å². The molecule has 4 N–H and O–H groups in total. The second-order valence-corrected chi connectivity index (χ2v) is 1.96. The van der Waals surface area contributed by atoms with Crippen molar-refractivity contribution in [3.8, 4) is 0 Å². The Balaban J connectivity index is 4.12. The molecule has 0 fully saturated rings. The molecule has 62 valence electrons. The van der Waals surface area contributed by atoms with Gasteiger partial charge in [0.25, 0.3) is 0 Å². The Morgan fingerprint density at radius 1 is 1.27 bits per heavy atom. The number of hydrogen-bond acceptors (Lipinski definition) is 4. The van der Waals surface area contributed by atoms with Gasteiger partial charge in [-0.1, -0.05) is 0 Å². The van der Waals surface area contributed by atoms with Crippen molar-refractivity contribution in [2.45, 2.75) is 12.2 Å². The molecule has 0 aliphatic carbocycles. The van der Waals surface area contributed by atoms with Crippen LogP contribution in [0.25, 0.3) is 0 Å². The van der Waals surface area contributed by atoms with Gasteiger partial charge in [0.15, 0.2) is 0 Å². The van der Waals surface area contributed by atoms with Crippen LogP contribution in [0.1, 0.15) is 6.42 Å². The first-order valence-corrected chi connectivity index (χ1v) is 2.76. The monoisotopic (exact) mass is 162 g/mol. The van der Waals surface area contributed by atoms with Gasteiger partial charge in [-0.3, -0.25) is 9.59 Å². The van der Waals surface area contributed by atoms with Crippen molar-refractivity contribution in [1.29, 1.82) is 0 Å². The third-order valence-electron chi connectivity index (χ3n) is 1.07. The summed E-state index contributed by atoms with van der Waals surface area (Å²) in [5.74, 6) is -4.58. The SMILES string of the molecule is O=C(O)CC(B(O)O)C(=O)O. The highest BCUT2D eigenvalue weighted by Crippen LogP contribution is 2.11. The molecule has 0 aromatic heterocycles. The highest BCUT2D eigenvalue weighted by molar-refractivity contribution is 6.49. The van der Waals surface area contributed by atoms with Crippen LogP contribution in [0.5, 0.6) is 0 Å². The number of aliphatic carboxylic acids is 2. The number of rotatable bonds is 4. The highest BCUT2D eigenvalue weighted by Gasteiger charge is 2.32. The topological polar surface area (TPSA) is 115 Å². The average Bonchev–Trinajstić information content (AvgIpc) is 1.81. The van der Waals surface area contributed by atoms with Crippen molar-refractivity contribution in [2.24, 2.45) is 0 Å². The van der Waals surface area contributed by atoms with Crippen LogP contribution >= 0.6 is 0 Å². The number of hydrogen-bond donors (Lipinski definition) is 4. The molecule has 0 heterocycles. The Morgan fingerprint density at radius 3 is 1.82 bits per heavy atom. The van der Waals surface area contributed by atoms with E-state index in [2.05, 4.69) is 0 Å². The van der Waals surface area contributed by atoms with E-state index >= 15 is 0 Å². The van der Waals surface area contributed by atoms with Crippen LogP contribution in [0.15, 0.2) is 0 Å². The molecule has 0 rings (SSSR count). The van der Waals surface area contributed by atoms with E-state index in [-0.39, 0.29) is 0 Å². The second-order valence-electron chi connectivity index (χ2n) is 1.96. The van der Waals surface area contributed by atoms with Gasteiger partial charge in [0.05, 0.1) is 6.42 Å². The van der Waals surface area contributed by atoms with Crippen LogP contribution in [0.3, 0.4) is 0 Å². The fourth-order valence-electron chi connectivity index (χ4n) is 0.508. The molecular weight excluding hydrogens is 155 g/mol. The van der Waals surface area contributed by atoms with Crippen molar-refractivity contribution in [1.82, 2.24) is 0 Å². The Bertz CT molecular complexity index is 166. The van der Waals surface area contributed by atoms with E-state index in [1.807, 2.05) is 0 Å². The van der Waals surface area contributed by atoms with Crippen LogP contribution in [0, 0.1) is 0 Å².